The number of aliphatic hydroxyl groups is 15. The molecule has 346 valence electrons. The Morgan fingerprint density at radius 3 is 1.73 bits per heavy atom. The van der Waals surface area contributed by atoms with Crippen LogP contribution in [0.4, 0.5) is 0 Å². The summed E-state index contributed by atoms with van der Waals surface area (Å²) in [6.45, 7) is -2.31. The minimum absolute atomic E-state index is 0.0103. The fraction of sp³-hybridized carbons (Fsp3) is 0.944. The monoisotopic (exact) mass is 875 g/mol. The zero-order valence-corrected chi connectivity index (χ0v) is 32.3. The van der Waals surface area contributed by atoms with Crippen molar-refractivity contribution in [3.8, 4) is 0 Å². The molecule has 0 amide bonds. The van der Waals surface area contributed by atoms with Crippen molar-refractivity contribution in [3.05, 3.63) is 0 Å². The summed E-state index contributed by atoms with van der Waals surface area (Å²) in [6.07, 6.45) is -32.5. The Balaban J connectivity index is 1.22. The molecule has 60 heavy (non-hydrogen) atoms. The maximum atomic E-state index is 12.2. The van der Waals surface area contributed by atoms with Crippen LogP contribution in [0.2, 0.25) is 0 Å². The van der Waals surface area contributed by atoms with E-state index in [9.17, 15) is 76.0 Å². The maximum Gasteiger partial charge on any atom is 0.317 e. The highest BCUT2D eigenvalue weighted by Gasteiger charge is 2.57. The van der Waals surface area contributed by atoms with Gasteiger partial charge in [0.25, 0.3) is 0 Å². The van der Waals surface area contributed by atoms with E-state index in [1.54, 1.807) is 0 Å². The van der Waals surface area contributed by atoms with Crippen molar-refractivity contribution in [3.63, 3.8) is 0 Å². The number of fused-ring (bicyclic) bond motifs is 1. The number of carbonyl (C=O) groups is 2. The van der Waals surface area contributed by atoms with Gasteiger partial charge in [-0.2, -0.15) is 0 Å². The Kier molecular flexibility index (Phi) is 16.1. The molecule has 0 radical (unpaired) electrons. The van der Waals surface area contributed by atoms with Crippen molar-refractivity contribution in [1.29, 1.82) is 0 Å². The molecule has 4 saturated heterocycles. The lowest BCUT2D eigenvalue weighted by atomic mass is 9.72. The lowest BCUT2D eigenvalue weighted by Gasteiger charge is -2.49. The highest BCUT2D eigenvalue weighted by molar-refractivity contribution is 5.90. The van der Waals surface area contributed by atoms with Crippen molar-refractivity contribution in [2.45, 2.75) is 180 Å². The summed E-state index contributed by atoms with van der Waals surface area (Å²) in [6, 6.07) is 0. The standard InChI is InChI=1S/C36H58O24/c37-8-19-24(45)27(48)29(50)34(57-19)55-16-2-1-11(3-15(16)41)32-18(6-13-14(40)4-12(39)5-17(13)54-32)56-36-31(52)33(26(47)21(59-36)10-53-23(44)7-22(42)43)60-35-30(51)28(49)25(46)20(9-38)58-35/h11-21,24-41,45-52H,1-10H2,(H,42,43)/p+1/t11?,12?,13?,14?,15?,16?,17?,18?,19-,20-,21-,24-,25-,26-,27+,28+,29-,30-,31-,32?,33+,34-,35+,36-/m1/s1. The fourth-order valence-electron chi connectivity index (χ4n) is 9.17. The molecule has 24 nitrogen and oxygen atoms in total. The van der Waals surface area contributed by atoms with E-state index in [1.165, 1.54) is 0 Å². The average molecular weight is 876 g/mol. The summed E-state index contributed by atoms with van der Waals surface area (Å²) in [4.78, 5) is 23.3. The van der Waals surface area contributed by atoms with Crippen LogP contribution in [-0.4, -0.2) is 243 Å². The molecule has 9 unspecified atom stereocenters. The Morgan fingerprint density at radius 1 is 0.583 bits per heavy atom. The summed E-state index contributed by atoms with van der Waals surface area (Å²) >= 11 is 0. The van der Waals surface area contributed by atoms with Gasteiger partial charge in [-0.05, 0) is 25.7 Å². The first-order valence-electron chi connectivity index (χ1n) is 20.1. The smallest absolute Gasteiger partial charge is 0.317 e. The topological polar surface area (TPSA) is 395 Å². The first-order valence-corrected chi connectivity index (χ1v) is 20.1. The minimum Gasteiger partial charge on any atom is -0.481 e. The van der Waals surface area contributed by atoms with E-state index in [0.29, 0.717) is 6.42 Å². The molecule has 24 atom stereocenters. The Labute approximate surface area is 342 Å². The van der Waals surface area contributed by atoms with Gasteiger partial charge in [0.1, 0.15) is 92.4 Å². The van der Waals surface area contributed by atoms with Crippen LogP contribution >= 0.6 is 0 Å². The fourth-order valence-corrected chi connectivity index (χ4v) is 9.17. The lowest BCUT2D eigenvalue weighted by molar-refractivity contribution is -0.379. The number of aliphatic hydroxyl groups excluding tert-OH is 13. The van der Waals surface area contributed by atoms with Crippen molar-refractivity contribution in [1.82, 2.24) is 0 Å². The Morgan fingerprint density at radius 2 is 1.15 bits per heavy atom. The molecule has 6 rings (SSSR count). The van der Waals surface area contributed by atoms with Crippen molar-refractivity contribution < 1.29 is 119 Å². The van der Waals surface area contributed by atoms with Gasteiger partial charge in [0.2, 0.25) is 0 Å². The van der Waals surface area contributed by atoms with E-state index in [2.05, 4.69) is 0 Å². The SMILES string of the molecule is O=C(O)CC(=O)OC[C@H]1O[C@@H](OC2CC3C(O)CC(O)CC3[OH+]C2C2CCC(O[C@@H]3O[C@H](CO)[C@@H](O)[C@H](O)[C@H]3O)C(O)C2)[C@H](O)[C@@H](O[C@@H]2O[C@H](CO)[C@@H](O)[C@H](O)[C@H]2O)[C@@H]1O. The van der Waals surface area contributed by atoms with Crippen LogP contribution in [-0.2, 0) is 42.7 Å². The van der Waals surface area contributed by atoms with Gasteiger partial charge in [-0.15, -0.1) is 0 Å². The van der Waals surface area contributed by atoms with E-state index < -0.39 is 185 Å². The van der Waals surface area contributed by atoms with Crippen LogP contribution in [0.3, 0.4) is 0 Å². The van der Waals surface area contributed by atoms with Crippen LogP contribution in [0.1, 0.15) is 44.9 Å². The highest BCUT2D eigenvalue weighted by Crippen LogP contribution is 2.43. The quantitative estimate of drug-likeness (QED) is 0.0464. The van der Waals surface area contributed by atoms with E-state index in [-0.39, 0.29) is 32.1 Å². The molecule has 4 heterocycles. The van der Waals surface area contributed by atoms with Gasteiger partial charge in [-0.25, -0.2) is 0 Å². The third-order valence-corrected chi connectivity index (χ3v) is 12.5. The third-order valence-electron chi connectivity index (χ3n) is 12.5. The van der Waals surface area contributed by atoms with Crippen LogP contribution in [0.5, 0.6) is 0 Å². The summed E-state index contributed by atoms with van der Waals surface area (Å²) in [5.74, 6) is -3.75. The number of carboxylic acid groups (broad SMARTS) is 1. The number of ether oxygens (including phenoxy) is 8. The average Bonchev–Trinajstić information content (AvgIpc) is 3.20. The summed E-state index contributed by atoms with van der Waals surface area (Å²) in [7, 11) is 0. The summed E-state index contributed by atoms with van der Waals surface area (Å²) in [5.41, 5.74) is 0. The predicted octanol–water partition coefficient (Wildman–Crippen LogP) is -7.83. The molecule has 0 spiro atoms. The first-order chi connectivity index (χ1) is 28.4. The number of rotatable bonds is 13. The molecule has 2 saturated carbocycles. The van der Waals surface area contributed by atoms with Gasteiger partial charge in [-0.3, -0.25) is 9.59 Å². The molecule has 0 bridgehead atoms. The highest BCUT2D eigenvalue weighted by atomic mass is 16.7. The van der Waals surface area contributed by atoms with E-state index in [1.807, 2.05) is 0 Å². The maximum absolute atomic E-state index is 12.2. The lowest BCUT2D eigenvalue weighted by Crippen LogP contribution is -2.66. The van der Waals surface area contributed by atoms with Crippen molar-refractivity contribution in [2.24, 2.45) is 11.8 Å². The second kappa shape index (κ2) is 20.3. The van der Waals surface area contributed by atoms with Crippen LogP contribution in [0.15, 0.2) is 0 Å². The van der Waals surface area contributed by atoms with Crippen LogP contribution in [0.25, 0.3) is 0 Å². The molecule has 24 heteroatoms. The van der Waals surface area contributed by atoms with Gasteiger partial charge in [0.15, 0.2) is 31.1 Å². The molecular formula is C36H59O24+. The number of esters is 1. The van der Waals surface area contributed by atoms with E-state index in [4.69, 9.17) is 43.0 Å². The largest absolute Gasteiger partial charge is 0.481 e. The molecule has 2 aliphatic carbocycles. The third kappa shape index (κ3) is 10.4. The van der Waals surface area contributed by atoms with Crippen molar-refractivity contribution >= 4 is 11.9 Å². The van der Waals surface area contributed by atoms with Gasteiger partial charge in [0, 0.05) is 18.8 Å². The zero-order valence-electron chi connectivity index (χ0n) is 32.3. The van der Waals surface area contributed by atoms with Gasteiger partial charge < -0.3 is 109 Å². The second-order valence-corrected chi connectivity index (χ2v) is 16.6. The van der Waals surface area contributed by atoms with Crippen LogP contribution < -0.4 is 0 Å². The summed E-state index contributed by atoms with van der Waals surface area (Å²) in [5, 5.41) is 146. The number of aliphatic carboxylic acids is 1. The molecule has 0 aromatic heterocycles. The minimum atomic E-state index is -1.97. The summed E-state index contributed by atoms with van der Waals surface area (Å²) < 4.78 is 44.8. The van der Waals surface area contributed by atoms with E-state index in [0.717, 1.165) is 0 Å². The normalized spacial score (nSPS) is 50.1. The number of carbonyl (C=O) groups excluding carboxylic acids is 1. The predicted molar refractivity (Wildman–Crippen MR) is 189 cm³/mol. The van der Waals surface area contributed by atoms with Gasteiger partial charge >= 0.3 is 11.9 Å². The Bertz CT molecular complexity index is 1410. The molecule has 6 aliphatic rings. The number of hydrogen-bond donors (Lipinski definition) is 14. The molecule has 0 aromatic rings. The Hall–Kier alpha value is -1.86. The molecule has 6 fully saturated rings. The first kappa shape index (κ1) is 47.6. The number of hydrogen-bond acceptors (Lipinski definition) is 22. The molecule has 15 N–H and O–H groups in total. The van der Waals surface area contributed by atoms with Crippen molar-refractivity contribution in [2.75, 3.05) is 19.8 Å². The van der Waals surface area contributed by atoms with Gasteiger partial charge in [-0.1, -0.05) is 0 Å². The number of carboxylic acids is 1. The molecular weight excluding hydrogens is 816 g/mol. The van der Waals surface area contributed by atoms with Gasteiger partial charge in [0.05, 0.1) is 43.5 Å². The van der Waals surface area contributed by atoms with E-state index >= 15 is 0 Å². The zero-order chi connectivity index (χ0) is 43.7. The molecule has 0 aromatic carbocycles. The second-order valence-electron chi connectivity index (χ2n) is 16.6. The molecule has 4 aliphatic heterocycles. The van der Waals surface area contributed by atoms with Crippen LogP contribution in [0, 0.1) is 11.8 Å².